The van der Waals surface area contributed by atoms with Crippen molar-refractivity contribution in [2.24, 2.45) is 0 Å². The standard InChI is InChI=1S/C21H14N2O2S/c22-14-19(15-6-2-1-3-7-15)25-21-13-16(18-8-4-10-24-18)12-17(23-21)20-9-5-11-26-20/h1-13,19H. The second-order valence-electron chi connectivity index (χ2n) is 5.57. The Morgan fingerprint density at radius 3 is 2.62 bits per heavy atom. The third-order valence-corrected chi connectivity index (χ3v) is 4.73. The lowest BCUT2D eigenvalue weighted by atomic mass is 10.1. The van der Waals surface area contributed by atoms with Crippen LogP contribution in [0.2, 0.25) is 0 Å². The quantitative estimate of drug-likeness (QED) is 0.458. The molecule has 0 radical (unpaired) electrons. The average molecular weight is 358 g/mol. The molecule has 0 amide bonds. The number of benzene rings is 1. The number of nitriles is 1. The second-order valence-corrected chi connectivity index (χ2v) is 6.52. The summed E-state index contributed by atoms with van der Waals surface area (Å²) in [6.07, 6.45) is 0.898. The summed E-state index contributed by atoms with van der Waals surface area (Å²) in [6, 6.07) is 23.0. The van der Waals surface area contributed by atoms with Gasteiger partial charge in [0.1, 0.15) is 11.8 Å². The molecule has 4 rings (SSSR count). The van der Waals surface area contributed by atoms with Crippen LogP contribution in [0.25, 0.3) is 21.9 Å². The molecule has 1 aromatic carbocycles. The zero-order valence-electron chi connectivity index (χ0n) is 13.7. The Bertz CT molecular complexity index is 967. The molecular weight excluding hydrogens is 344 g/mol. The molecule has 126 valence electrons. The number of thiophene rings is 1. The number of aromatic nitrogens is 1. The van der Waals surface area contributed by atoms with E-state index in [-0.39, 0.29) is 0 Å². The fourth-order valence-electron chi connectivity index (χ4n) is 2.62. The van der Waals surface area contributed by atoms with E-state index in [0.717, 1.165) is 27.5 Å². The number of pyridine rings is 1. The summed E-state index contributed by atoms with van der Waals surface area (Å²) in [5, 5.41) is 11.5. The summed E-state index contributed by atoms with van der Waals surface area (Å²) in [5.41, 5.74) is 2.43. The first kappa shape index (κ1) is 16.1. The topological polar surface area (TPSA) is 59.0 Å². The van der Waals surface area contributed by atoms with Crippen LogP contribution in [0.4, 0.5) is 0 Å². The van der Waals surface area contributed by atoms with E-state index in [4.69, 9.17) is 9.15 Å². The van der Waals surface area contributed by atoms with Crippen LogP contribution in [0.5, 0.6) is 5.88 Å². The molecule has 0 aliphatic carbocycles. The molecule has 0 bridgehead atoms. The van der Waals surface area contributed by atoms with Gasteiger partial charge < -0.3 is 9.15 Å². The van der Waals surface area contributed by atoms with E-state index < -0.39 is 6.10 Å². The first-order valence-electron chi connectivity index (χ1n) is 8.04. The minimum Gasteiger partial charge on any atom is -0.464 e. The lowest BCUT2D eigenvalue weighted by Crippen LogP contribution is -2.06. The SMILES string of the molecule is N#CC(Oc1cc(-c2ccco2)cc(-c2cccs2)n1)c1ccccc1. The van der Waals surface area contributed by atoms with Crippen molar-refractivity contribution in [2.45, 2.75) is 6.10 Å². The first-order chi connectivity index (χ1) is 12.8. The predicted octanol–water partition coefficient (Wildman–Crippen LogP) is 5.71. The van der Waals surface area contributed by atoms with Gasteiger partial charge in [-0.2, -0.15) is 5.26 Å². The van der Waals surface area contributed by atoms with Crippen LogP contribution >= 0.6 is 11.3 Å². The van der Waals surface area contributed by atoms with Crippen molar-refractivity contribution in [1.29, 1.82) is 5.26 Å². The highest BCUT2D eigenvalue weighted by atomic mass is 32.1. The normalized spacial score (nSPS) is 11.7. The van der Waals surface area contributed by atoms with Gasteiger partial charge in [-0.15, -0.1) is 11.3 Å². The van der Waals surface area contributed by atoms with Crippen molar-refractivity contribution in [3.8, 4) is 33.8 Å². The van der Waals surface area contributed by atoms with Crippen molar-refractivity contribution in [2.75, 3.05) is 0 Å². The van der Waals surface area contributed by atoms with Crippen LogP contribution in [0.3, 0.4) is 0 Å². The van der Waals surface area contributed by atoms with Gasteiger partial charge in [-0.1, -0.05) is 36.4 Å². The Labute approximate surface area is 154 Å². The van der Waals surface area contributed by atoms with E-state index in [2.05, 4.69) is 11.1 Å². The molecule has 0 N–H and O–H groups in total. The molecule has 0 spiro atoms. The van der Waals surface area contributed by atoms with Crippen LogP contribution in [-0.4, -0.2) is 4.98 Å². The van der Waals surface area contributed by atoms with E-state index in [0.29, 0.717) is 5.88 Å². The van der Waals surface area contributed by atoms with Crippen LogP contribution in [-0.2, 0) is 0 Å². The van der Waals surface area contributed by atoms with E-state index >= 15 is 0 Å². The fraction of sp³-hybridized carbons (Fsp3) is 0.0476. The summed E-state index contributed by atoms with van der Waals surface area (Å²) in [4.78, 5) is 5.62. The van der Waals surface area contributed by atoms with Gasteiger partial charge >= 0.3 is 0 Å². The lowest BCUT2D eigenvalue weighted by Gasteiger charge is -2.13. The van der Waals surface area contributed by atoms with Crippen molar-refractivity contribution in [3.05, 3.63) is 83.9 Å². The van der Waals surface area contributed by atoms with Crippen LogP contribution in [0.15, 0.2) is 82.8 Å². The molecular formula is C21H14N2O2S. The van der Waals surface area contributed by atoms with Crippen molar-refractivity contribution in [1.82, 2.24) is 4.98 Å². The highest BCUT2D eigenvalue weighted by Crippen LogP contribution is 2.32. The molecule has 1 atom stereocenters. The minimum atomic E-state index is -0.730. The molecule has 0 aliphatic heterocycles. The maximum absolute atomic E-state index is 9.53. The number of hydrogen-bond acceptors (Lipinski definition) is 5. The zero-order valence-corrected chi connectivity index (χ0v) is 14.5. The lowest BCUT2D eigenvalue weighted by molar-refractivity contribution is 0.252. The van der Waals surface area contributed by atoms with Crippen LogP contribution < -0.4 is 4.74 Å². The monoisotopic (exact) mass is 358 g/mol. The Hall–Kier alpha value is -3.36. The number of nitrogens with zero attached hydrogens (tertiary/aromatic N) is 2. The number of rotatable bonds is 5. The van der Waals surface area contributed by atoms with Gasteiger partial charge in [0.15, 0.2) is 0 Å². The zero-order chi connectivity index (χ0) is 17.8. The number of furan rings is 1. The van der Waals surface area contributed by atoms with Crippen molar-refractivity contribution in [3.63, 3.8) is 0 Å². The van der Waals surface area contributed by atoms with Gasteiger partial charge in [-0.05, 0) is 29.6 Å². The van der Waals surface area contributed by atoms with Gasteiger partial charge in [-0.25, -0.2) is 4.98 Å². The van der Waals surface area contributed by atoms with E-state index in [1.807, 2.05) is 66.0 Å². The summed E-state index contributed by atoms with van der Waals surface area (Å²) in [7, 11) is 0. The molecule has 4 aromatic rings. The summed E-state index contributed by atoms with van der Waals surface area (Å²) in [6.45, 7) is 0. The van der Waals surface area contributed by atoms with Gasteiger partial charge in [0, 0.05) is 17.2 Å². The van der Waals surface area contributed by atoms with Gasteiger partial charge in [-0.3, -0.25) is 0 Å². The Kier molecular flexibility index (Phi) is 4.50. The molecule has 0 saturated heterocycles. The van der Waals surface area contributed by atoms with Gasteiger partial charge in [0.25, 0.3) is 0 Å². The van der Waals surface area contributed by atoms with Crippen LogP contribution in [0.1, 0.15) is 11.7 Å². The average Bonchev–Trinajstić information content (AvgIpc) is 3.40. The molecule has 4 nitrogen and oxygen atoms in total. The van der Waals surface area contributed by atoms with E-state index in [1.165, 1.54) is 0 Å². The molecule has 0 aliphatic rings. The smallest absolute Gasteiger partial charge is 0.216 e. The fourth-order valence-corrected chi connectivity index (χ4v) is 3.30. The van der Waals surface area contributed by atoms with Crippen molar-refractivity contribution >= 4 is 11.3 Å². The molecule has 0 saturated carbocycles. The summed E-state index contributed by atoms with van der Waals surface area (Å²) in [5.74, 6) is 1.11. The second kappa shape index (κ2) is 7.26. The molecule has 3 heterocycles. The summed E-state index contributed by atoms with van der Waals surface area (Å²) >= 11 is 1.60. The minimum absolute atomic E-state index is 0.387. The Morgan fingerprint density at radius 1 is 1.04 bits per heavy atom. The number of ether oxygens (including phenoxy) is 1. The largest absolute Gasteiger partial charge is 0.464 e. The highest BCUT2D eigenvalue weighted by molar-refractivity contribution is 7.13. The Morgan fingerprint density at radius 2 is 1.92 bits per heavy atom. The molecule has 3 aromatic heterocycles. The van der Waals surface area contributed by atoms with Gasteiger partial charge in [0.2, 0.25) is 12.0 Å². The summed E-state index contributed by atoms with van der Waals surface area (Å²) < 4.78 is 11.4. The van der Waals surface area contributed by atoms with E-state index in [1.54, 1.807) is 23.7 Å². The predicted molar refractivity (Wildman–Crippen MR) is 101 cm³/mol. The van der Waals surface area contributed by atoms with Gasteiger partial charge in [0.05, 0.1) is 16.8 Å². The highest BCUT2D eigenvalue weighted by Gasteiger charge is 2.16. The Balaban J connectivity index is 1.74. The first-order valence-corrected chi connectivity index (χ1v) is 8.92. The number of hydrogen-bond donors (Lipinski definition) is 0. The third kappa shape index (κ3) is 3.37. The maximum atomic E-state index is 9.53. The molecule has 1 unspecified atom stereocenters. The molecule has 5 heteroatoms. The maximum Gasteiger partial charge on any atom is 0.216 e. The van der Waals surface area contributed by atoms with Crippen molar-refractivity contribution < 1.29 is 9.15 Å². The third-order valence-electron chi connectivity index (χ3n) is 3.84. The van der Waals surface area contributed by atoms with Crippen LogP contribution in [0, 0.1) is 11.3 Å². The van der Waals surface area contributed by atoms with E-state index in [9.17, 15) is 5.26 Å². The molecule has 0 fully saturated rings. The molecule has 26 heavy (non-hydrogen) atoms.